The Morgan fingerprint density at radius 1 is 1.53 bits per heavy atom. The molecular formula is C11H13BrN4O. The Bertz CT molecular complexity index is 486. The number of rotatable bonds is 4. The van der Waals surface area contributed by atoms with Crippen LogP contribution in [0.5, 0.6) is 5.75 Å². The van der Waals surface area contributed by atoms with E-state index in [1.807, 2.05) is 13.0 Å². The van der Waals surface area contributed by atoms with Crippen LogP contribution in [0.25, 0.3) is 0 Å². The normalized spacial score (nSPS) is 12.6. The molecule has 0 bridgehead atoms. The molecule has 2 rings (SSSR count). The maximum Gasteiger partial charge on any atom is 0.141 e. The highest BCUT2D eigenvalue weighted by Crippen LogP contribution is 2.22. The number of H-pyrrole nitrogens is 1. The number of hydrogen-bond donors (Lipinski definition) is 3. The van der Waals surface area contributed by atoms with Gasteiger partial charge in [0.05, 0.1) is 6.04 Å². The van der Waals surface area contributed by atoms with Crippen LogP contribution in [-0.2, 0) is 6.54 Å². The number of nitrogens with zero attached hydrogens (tertiary/aromatic N) is 2. The zero-order chi connectivity index (χ0) is 12.3. The van der Waals surface area contributed by atoms with E-state index in [1.54, 1.807) is 12.1 Å². The zero-order valence-corrected chi connectivity index (χ0v) is 10.9. The van der Waals surface area contributed by atoms with Gasteiger partial charge in [0.15, 0.2) is 0 Å². The lowest BCUT2D eigenvalue weighted by atomic mass is 10.2. The van der Waals surface area contributed by atoms with Crippen molar-refractivity contribution in [3.05, 3.63) is 40.4 Å². The number of hydrogen-bond acceptors (Lipinski definition) is 4. The van der Waals surface area contributed by atoms with Gasteiger partial charge >= 0.3 is 0 Å². The summed E-state index contributed by atoms with van der Waals surface area (Å²) in [5.74, 6) is 1.06. The lowest BCUT2D eigenvalue weighted by Gasteiger charge is -2.12. The molecule has 0 saturated carbocycles. The average Bonchev–Trinajstić information content (AvgIpc) is 2.83. The minimum Gasteiger partial charge on any atom is -0.508 e. The average molecular weight is 297 g/mol. The predicted octanol–water partition coefficient (Wildman–Crippen LogP) is 2.12. The van der Waals surface area contributed by atoms with Crippen molar-refractivity contribution in [2.45, 2.75) is 19.5 Å². The van der Waals surface area contributed by atoms with E-state index in [0.29, 0.717) is 6.54 Å². The molecule has 6 heteroatoms. The Morgan fingerprint density at radius 2 is 2.35 bits per heavy atom. The standard InChI is InChI=1S/C11H13BrN4O/c1-7(11-14-6-15-16-11)13-5-8-4-9(12)2-3-10(8)17/h2-4,6-7,13,17H,5H2,1H3,(H,14,15,16). The summed E-state index contributed by atoms with van der Waals surface area (Å²) >= 11 is 3.37. The molecule has 3 N–H and O–H groups in total. The number of aromatic hydroxyl groups is 1. The molecule has 0 aliphatic rings. The van der Waals surface area contributed by atoms with Crippen molar-refractivity contribution in [3.8, 4) is 5.75 Å². The highest BCUT2D eigenvalue weighted by atomic mass is 79.9. The fourth-order valence-corrected chi connectivity index (χ4v) is 1.89. The fourth-order valence-electron chi connectivity index (χ4n) is 1.48. The van der Waals surface area contributed by atoms with Gasteiger partial charge < -0.3 is 10.4 Å². The summed E-state index contributed by atoms with van der Waals surface area (Å²) in [5, 5.41) is 19.5. The number of phenolic OH excluding ortho intramolecular Hbond substituents is 1. The van der Waals surface area contributed by atoms with E-state index < -0.39 is 0 Å². The molecule has 1 unspecified atom stereocenters. The molecule has 0 fully saturated rings. The van der Waals surface area contributed by atoms with Crippen molar-refractivity contribution in [1.29, 1.82) is 0 Å². The zero-order valence-electron chi connectivity index (χ0n) is 9.31. The molecule has 1 aromatic heterocycles. The van der Waals surface area contributed by atoms with Gasteiger partial charge in [0.2, 0.25) is 0 Å². The van der Waals surface area contributed by atoms with Crippen LogP contribution in [0.4, 0.5) is 0 Å². The van der Waals surface area contributed by atoms with Crippen LogP contribution in [0.3, 0.4) is 0 Å². The van der Waals surface area contributed by atoms with E-state index in [-0.39, 0.29) is 11.8 Å². The molecule has 0 aliphatic heterocycles. The molecule has 1 atom stereocenters. The second-order valence-corrected chi connectivity index (χ2v) is 4.66. The first kappa shape index (κ1) is 12.1. The first-order valence-electron chi connectivity index (χ1n) is 5.23. The van der Waals surface area contributed by atoms with Crippen LogP contribution in [0.2, 0.25) is 0 Å². The fraction of sp³-hybridized carbons (Fsp3) is 0.273. The third-order valence-corrected chi connectivity index (χ3v) is 2.98. The molecule has 0 spiro atoms. The quantitative estimate of drug-likeness (QED) is 0.808. The van der Waals surface area contributed by atoms with Gasteiger partial charge in [-0.15, -0.1) is 0 Å². The minimum atomic E-state index is 0.0517. The van der Waals surface area contributed by atoms with E-state index in [4.69, 9.17) is 0 Å². The highest BCUT2D eigenvalue weighted by Gasteiger charge is 2.09. The van der Waals surface area contributed by atoms with Gasteiger partial charge in [0.25, 0.3) is 0 Å². The summed E-state index contributed by atoms with van der Waals surface area (Å²) in [4.78, 5) is 4.07. The van der Waals surface area contributed by atoms with Crippen molar-refractivity contribution in [2.24, 2.45) is 0 Å². The summed E-state index contributed by atoms with van der Waals surface area (Å²) in [6.07, 6.45) is 1.48. The van der Waals surface area contributed by atoms with Crippen LogP contribution >= 0.6 is 15.9 Å². The molecule has 0 radical (unpaired) electrons. The van der Waals surface area contributed by atoms with Crippen LogP contribution in [0.1, 0.15) is 24.4 Å². The van der Waals surface area contributed by atoms with Gasteiger partial charge in [-0.05, 0) is 25.1 Å². The molecule has 2 aromatic rings. The van der Waals surface area contributed by atoms with E-state index in [9.17, 15) is 5.11 Å². The lowest BCUT2D eigenvalue weighted by Crippen LogP contribution is -2.19. The molecule has 1 aromatic carbocycles. The highest BCUT2D eigenvalue weighted by molar-refractivity contribution is 9.10. The van der Waals surface area contributed by atoms with E-state index in [1.165, 1.54) is 6.33 Å². The molecule has 1 heterocycles. The second-order valence-electron chi connectivity index (χ2n) is 3.75. The summed E-state index contributed by atoms with van der Waals surface area (Å²) in [6, 6.07) is 5.41. The maximum atomic E-state index is 9.68. The smallest absolute Gasteiger partial charge is 0.141 e. The largest absolute Gasteiger partial charge is 0.508 e. The summed E-state index contributed by atoms with van der Waals surface area (Å²) < 4.78 is 0.944. The van der Waals surface area contributed by atoms with Gasteiger partial charge in [-0.2, -0.15) is 5.10 Å². The number of aromatic nitrogens is 3. The number of nitrogens with one attached hydrogen (secondary N) is 2. The summed E-state index contributed by atoms with van der Waals surface area (Å²) in [5.41, 5.74) is 0.839. The Kier molecular flexibility index (Phi) is 3.75. The van der Waals surface area contributed by atoms with Crippen LogP contribution in [-0.4, -0.2) is 20.3 Å². The van der Waals surface area contributed by atoms with E-state index in [2.05, 4.69) is 36.4 Å². The topological polar surface area (TPSA) is 73.8 Å². The van der Waals surface area contributed by atoms with E-state index in [0.717, 1.165) is 15.9 Å². The van der Waals surface area contributed by atoms with Crippen molar-refractivity contribution in [1.82, 2.24) is 20.5 Å². The van der Waals surface area contributed by atoms with Gasteiger partial charge in [-0.3, -0.25) is 5.10 Å². The van der Waals surface area contributed by atoms with Crippen LogP contribution in [0.15, 0.2) is 29.0 Å². The molecule has 17 heavy (non-hydrogen) atoms. The third-order valence-electron chi connectivity index (χ3n) is 2.48. The van der Waals surface area contributed by atoms with Crippen molar-refractivity contribution in [3.63, 3.8) is 0 Å². The van der Waals surface area contributed by atoms with Crippen LogP contribution < -0.4 is 5.32 Å². The number of halogens is 1. The van der Waals surface area contributed by atoms with Gasteiger partial charge in [0, 0.05) is 16.6 Å². The second kappa shape index (κ2) is 5.29. The SMILES string of the molecule is CC(NCc1cc(Br)ccc1O)c1ncn[nH]1. The first-order valence-corrected chi connectivity index (χ1v) is 6.02. The number of phenols is 1. The van der Waals surface area contributed by atoms with E-state index >= 15 is 0 Å². The van der Waals surface area contributed by atoms with Crippen molar-refractivity contribution in [2.75, 3.05) is 0 Å². The van der Waals surface area contributed by atoms with Gasteiger partial charge in [-0.1, -0.05) is 15.9 Å². The third kappa shape index (κ3) is 3.04. The predicted molar refractivity (Wildman–Crippen MR) is 67.4 cm³/mol. The maximum absolute atomic E-state index is 9.68. The molecule has 5 nitrogen and oxygen atoms in total. The Hall–Kier alpha value is -1.40. The van der Waals surface area contributed by atoms with Gasteiger partial charge in [0.1, 0.15) is 17.9 Å². The minimum absolute atomic E-state index is 0.0517. The number of benzene rings is 1. The molecule has 90 valence electrons. The van der Waals surface area contributed by atoms with Crippen molar-refractivity contribution < 1.29 is 5.11 Å². The van der Waals surface area contributed by atoms with Crippen molar-refractivity contribution >= 4 is 15.9 Å². The monoisotopic (exact) mass is 296 g/mol. The first-order chi connectivity index (χ1) is 8.16. The van der Waals surface area contributed by atoms with Crippen LogP contribution in [0, 0.1) is 0 Å². The molecule has 0 saturated heterocycles. The summed E-state index contributed by atoms with van der Waals surface area (Å²) in [7, 11) is 0. The Labute approximate surface area is 107 Å². The number of aromatic amines is 1. The summed E-state index contributed by atoms with van der Waals surface area (Å²) in [6.45, 7) is 2.54. The Balaban J connectivity index is 2.00. The van der Waals surface area contributed by atoms with Gasteiger partial charge in [-0.25, -0.2) is 4.98 Å². The molecule has 0 aliphatic carbocycles. The molecular weight excluding hydrogens is 284 g/mol. The lowest BCUT2D eigenvalue weighted by molar-refractivity contribution is 0.458. The Morgan fingerprint density at radius 3 is 3.06 bits per heavy atom. The molecule has 0 amide bonds.